The van der Waals surface area contributed by atoms with Crippen molar-refractivity contribution in [2.24, 2.45) is 0 Å². The summed E-state index contributed by atoms with van der Waals surface area (Å²) in [6, 6.07) is 10.7. The monoisotopic (exact) mass is 500 g/mol. The Hall–Kier alpha value is -1.20. The molecule has 0 aliphatic rings. The average Bonchev–Trinajstić information content (AvgIpc) is 2.83. The minimum atomic E-state index is -3.90. The third kappa shape index (κ3) is 7.39. The summed E-state index contributed by atoms with van der Waals surface area (Å²) in [4.78, 5) is 0. The van der Waals surface area contributed by atoms with Gasteiger partial charge < -0.3 is 23.2 Å². The zero-order valence-electron chi connectivity index (χ0n) is 20.2. The maximum Gasteiger partial charge on any atom is 0.346 e. The van der Waals surface area contributed by atoms with E-state index in [0.29, 0.717) is 31.1 Å². The fraction of sp³-hybridized carbons (Fsp3) is 0.583. The Bertz CT molecular complexity index is 905. The van der Waals surface area contributed by atoms with Crippen molar-refractivity contribution in [1.82, 2.24) is 0 Å². The molecule has 7 nitrogen and oxygen atoms in total. The Morgan fingerprint density at radius 2 is 1.12 bits per heavy atom. The van der Waals surface area contributed by atoms with Crippen molar-refractivity contribution < 1.29 is 32.3 Å². The molecule has 0 heterocycles. The van der Waals surface area contributed by atoms with Gasteiger partial charge in [-0.05, 0) is 49.1 Å². The normalized spacial score (nSPS) is 12.6. The van der Waals surface area contributed by atoms with Crippen molar-refractivity contribution in [3.05, 3.63) is 42.0 Å². The van der Waals surface area contributed by atoms with Gasteiger partial charge in [-0.25, -0.2) is 0 Å². The lowest BCUT2D eigenvalue weighted by molar-refractivity contribution is 0.180. The van der Waals surface area contributed by atoms with Crippen LogP contribution in [0.15, 0.2) is 36.4 Å². The van der Waals surface area contributed by atoms with Crippen molar-refractivity contribution in [1.29, 1.82) is 0 Å². The molecule has 0 aliphatic heterocycles. The van der Waals surface area contributed by atoms with E-state index < -0.39 is 20.6 Å². The maximum atomic E-state index is 14.2. The summed E-state index contributed by atoms with van der Waals surface area (Å²) in [5, 5.41) is 10.6. The molecule has 1 N–H and O–H groups in total. The van der Waals surface area contributed by atoms with Crippen LogP contribution in [0.3, 0.4) is 0 Å². The predicted octanol–water partition coefficient (Wildman–Crippen LogP) is 7.51. The molecule has 0 unspecified atom stereocenters. The molecule has 2 aromatic carbocycles. The van der Waals surface area contributed by atoms with Crippen LogP contribution in [0.1, 0.15) is 58.9 Å². The number of phenolic OH excluding ortho intramolecular Hbond substituents is 1. The molecular weight excluding hydrogens is 462 g/mol. The number of hydrogen-bond donors (Lipinski definition) is 1. The minimum absolute atomic E-state index is 0.0935. The highest BCUT2D eigenvalue weighted by atomic mass is 31.2. The van der Waals surface area contributed by atoms with Gasteiger partial charge in [-0.1, -0.05) is 58.0 Å². The van der Waals surface area contributed by atoms with Crippen molar-refractivity contribution >= 4 is 26.0 Å². The molecule has 0 saturated heterocycles. The summed E-state index contributed by atoms with van der Waals surface area (Å²) in [5.41, 5.74) is 0.759. The van der Waals surface area contributed by atoms with Crippen molar-refractivity contribution in [3.63, 3.8) is 0 Å². The van der Waals surface area contributed by atoms with Crippen molar-refractivity contribution in [2.45, 2.75) is 65.2 Å². The summed E-state index contributed by atoms with van der Waals surface area (Å²) in [7, 11) is -7.79. The highest BCUT2D eigenvalue weighted by Gasteiger charge is 2.51. The number of phenols is 1. The number of hydrogen-bond acceptors (Lipinski definition) is 7. The van der Waals surface area contributed by atoms with Gasteiger partial charge in [0, 0.05) is 5.39 Å². The van der Waals surface area contributed by atoms with Gasteiger partial charge in [-0.15, -0.1) is 0 Å². The van der Waals surface area contributed by atoms with E-state index in [0.717, 1.165) is 10.9 Å². The molecule has 33 heavy (non-hydrogen) atoms. The zero-order valence-corrected chi connectivity index (χ0v) is 22.0. The number of fused-ring (bicyclic) bond motifs is 1. The number of aromatic hydroxyl groups is 1. The largest absolute Gasteiger partial charge is 0.507 e. The Morgan fingerprint density at radius 3 is 1.55 bits per heavy atom. The Kier molecular flexibility index (Phi) is 11.6. The van der Waals surface area contributed by atoms with E-state index >= 15 is 0 Å². The first-order valence-electron chi connectivity index (χ1n) is 11.8. The van der Waals surface area contributed by atoms with Crippen molar-refractivity contribution in [3.8, 4) is 5.75 Å². The van der Waals surface area contributed by atoms with Crippen LogP contribution in [-0.4, -0.2) is 36.9 Å². The fourth-order valence-electron chi connectivity index (χ4n) is 3.41. The molecule has 0 fully saturated rings. The zero-order chi connectivity index (χ0) is 24.3. The van der Waals surface area contributed by atoms with Crippen LogP contribution in [0, 0.1) is 0 Å². The molecule has 2 rings (SSSR count). The molecule has 0 spiro atoms. The third-order valence-corrected chi connectivity index (χ3v) is 10.7. The van der Waals surface area contributed by atoms with Crippen LogP contribution < -0.4 is 0 Å². The van der Waals surface area contributed by atoms with Gasteiger partial charge in [0.2, 0.25) is 0 Å². The van der Waals surface area contributed by atoms with Crippen molar-refractivity contribution in [2.75, 3.05) is 26.4 Å². The van der Waals surface area contributed by atoms with E-state index in [-0.39, 0.29) is 38.6 Å². The summed E-state index contributed by atoms with van der Waals surface area (Å²) in [6.07, 6.45) is 2.61. The van der Waals surface area contributed by atoms with Gasteiger partial charge in [-0.3, -0.25) is 9.13 Å². The van der Waals surface area contributed by atoms with E-state index in [1.54, 1.807) is 12.1 Å². The molecule has 0 aliphatic carbocycles. The molecule has 2 aromatic rings. The molecular formula is C24H38O7P2. The smallest absolute Gasteiger partial charge is 0.346 e. The quantitative estimate of drug-likeness (QED) is 0.239. The number of benzene rings is 2. The summed E-state index contributed by atoms with van der Waals surface area (Å²) >= 11 is 0. The van der Waals surface area contributed by atoms with E-state index in [9.17, 15) is 14.2 Å². The van der Waals surface area contributed by atoms with Gasteiger partial charge in [0.25, 0.3) is 0 Å². The first-order valence-corrected chi connectivity index (χ1v) is 15.0. The van der Waals surface area contributed by atoms with E-state index in [1.165, 1.54) is 0 Å². The molecule has 186 valence electrons. The van der Waals surface area contributed by atoms with Gasteiger partial charge in [0.1, 0.15) is 5.75 Å². The van der Waals surface area contributed by atoms with Crippen LogP contribution >= 0.6 is 15.2 Å². The molecule has 0 radical (unpaired) electrons. The van der Waals surface area contributed by atoms with Gasteiger partial charge in [-0.2, -0.15) is 0 Å². The lowest BCUT2D eigenvalue weighted by Crippen LogP contribution is -2.21. The number of rotatable bonds is 16. The highest BCUT2D eigenvalue weighted by molar-refractivity contribution is 7.72. The van der Waals surface area contributed by atoms with Crippen LogP contribution in [0.25, 0.3) is 10.8 Å². The second-order valence-corrected chi connectivity index (χ2v) is 12.7. The van der Waals surface area contributed by atoms with E-state index in [1.807, 2.05) is 52.0 Å². The SMILES string of the molecule is CCCOP(=O)(OCCC)C(Cc1ccc(O)c2ccccc12)P(=O)(OCCC)OCCC. The maximum absolute atomic E-state index is 14.2. The summed E-state index contributed by atoms with van der Waals surface area (Å²) < 4.78 is 51.6. The summed E-state index contributed by atoms with van der Waals surface area (Å²) in [5.74, 6) is 0.145. The fourth-order valence-corrected chi connectivity index (χ4v) is 9.02. The van der Waals surface area contributed by atoms with Crippen LogP contribution in [0.4, 0.5) is 0 Å². The lowest BCUT2D eigenvalue weighted by Gasteiger charge is -2.32. The lowest BCUT2D eigenvalue weighted by atomic mass is 10.0. The van der Waals surface area contributed by atoms with Gasteiger partial charge in [0.15, 0.2) is 5.40 Å². The van der Waals surface area contributed by atoms with E-state index in [4.69, 9.17) is 18.1 Å². The molecule has 0 amide bonds. The topological polar surface area (TPSA) is 91.3 Å². The van der Waals surface area contributed by atoms with Gasteiger partial charge >= 0.3 is 15.2 Å². The molecule has 0 aromatic heterocycles. The Balaban J connectivity index is 2.63. The summed E-state index contributed by atoms with van der Waals surface area (Å²) in [6.45, 7) is 8.46. The van der Waals surface area contributed by atoms with Crippen LogP contribution in [0.5, 0.6) is 5.75 Å². The Labute approximate surface area is 197 Å². The molecule has 9 heteroatoms. The molecule has 0 saturated carbocycles. The average molecular weight is 501 g/mol. The third-order valence-electron chi connectivity index (χ3n) is 5.03. The second-order valence-electron chi connectivity index (χ2n) is 7.89. The minimum Gasteiger partial charge on any atom is -0.507 e. The van der Waals surface area contributed by atoms with Gasteiger partial charge in [0.05, 0.1) is 26.4 Å². The highest BCUT2D eigenvalue weighted by Crippen LogP contribution is 2.71. The molecule has 0 bridgehead atoms. The predicted molar refractivity (Wildman–Crippen MR) is 133 cm³/mol. The van der Waals surface area contributed by atoms with E-state index in [2.05, 4.69) is 0 Å². The standard InChI is InChI=1S/C24H38O7P2/c1-5-15-28-32(26,29-16-6-2)24(33(27,30-17-7-3)31-18-8-4)19-20-13-14-23(25)22-12-10-9-11-21(20)22/h9-14,24-25H,5-8,15-19H2,1-4H3. The second kappa shape index (κ2) is 13.6. The molecule has 0 atom stereocenters. The van der Waals surface area contributed by atoms with Crippen LogP contribution in [-0.2, 0) is 33.6 Å². The first kappa shape index (κ1) is 28.0. The Morgan fingerprint density at radius 1 is 0.697 bits per heavy atom. The first-order chi connectivity index (χ1) is 15.8. The van der Waals surface area contributed by atoms with Crippen LogP contribution in [0.2, 0.25) is 0 Å².